The Hall–Kier alpha value is -4.41. The van der Waals surface area contributed by atoms with Crippen LogP contribution in [0.1, 0.15) is 16.7 Å². The number of benzene rings is 3. The molecule has 1 aliphatic heterocycles. The zero-order valence-electron chi connectivity index (χ0n) is 19.3. The predicted molar refractivity (Wildman–Crippen MR) is 135 cm³/mol. The molecule has 1 heterocycles. The number of hydrogen-bond acceptors (Lipinski definition) is 5. The quantitative estimate of drug-likeness (QED) is 0.553. The van der Waals surface area contributed by atoms with Crippen LogP contribution in [0.5, 0.6) is 0 Å². The molecule has 170 valence electrons. The molecule has 3 aromatic carbocycles. The van der Waals surface area contributed by atoms with Crippen LogP contribution in [0.25, 0.3) is 11.3 Å². The topological polar surface area (TPSA) is 88.5 Å². The number of likely N-dealkylation sites (N-methyl/N-ethyl adjacent to an activating group) is 2. The summed E-state index contributed by atoms with van der Waals surface area (Å²) < 4.78 is 0. The molecule has 0 saturated heterocycles. The molecule has 34 heavy (non-hydrogen) atoms. The van der Waals surface area contributed by atoms with Crippen LogP contribution in [0.15, 0.2) is 72.8 Å². The Morgan fingerprint density at radius 1 is 1.00 bits per heavy atom. The number of amides is 2. The largest absolute Gasteiger partial charge is 0.354 e. The van der Waals surface area contributed by atoms with Crippen LogP contribution in [0.2, 0.25) is 0 Å². The maximum atomic E-state index is 13.0. The number of rotatable bonds is 6. The molecule has 0 bridgehead atoms. The zero-order chi connectivity index (χ0) is 24.2. The third-order valence-electron chi connectivity index (χ3n) is 5.56. The van der Waals surface area contributed by atoms with Gasteiger partial charge in [0, 0.05) is 24.0 Å². The number of hydrogen-bond donors (Lipinski definition) is 2. The van der Waals surface area contributed by atoms with Gasteiger partial charge in [-0.15, -0.1) is 0 Å². The van der Waals surface area contributed by atoms with Crippen molar-refractivity contribution in [3.05, 3.63) is 89.5 Å². The minimum absolute atomic E-state index is 0.00576. The molecular formula is C27H25N5O2. The fourth-order valence-electron chi connectivity index (χ4n) is 3.81. The lowest BCUT2D eigenvalue weighted by molar-refractivity contribution is -0.119. The molecule has 0 aliphatic carbocycles. The minimum Gasteiger partial charge on any atom is -0.354 e. The van der Waals surface area contributed by atoms with Gasteiger partial charge in [-0.1, -0.05) is 36.4 Å². The van der Waals surface area contributed by atoms with Crippen LogP contribution in [0.4, 0.5) is 17.1 Å². The second kappa shape index (κ2) is 9.61. The third kappa shape index (κ3) is 4.68. The number of nitriles is 1. The first-order chi connectivity index (χ1) is 16.4. The number of fused-ring (bicyclic) bond motifs is 1. The molecule has 7 heteroatoms. The van der Waals surface area contributed by atoms with Gasteiger partial charge in [-0.25, -0.2) is 0 Å². The van der Waals surface area contributed by atoms with Crippen molar-refractivity contribution in [2.24, 2.45) is 0 Å². The summed E-state index contributed by atoms with van der Waals surface area (Å²) >= 11 is 0. The van der Waals surface area contributed by atoms with E-state index in [1.54, 1.807) is 30.1 Å². The molecular weight excluding hydrogens is 426 g/mol. The molecule has 3 aromatic rings. The summed E-state index contributed by atoms with van der Waals surface area (Å²) in [6, 6.07) is 24.4. The maximum absolute atomic E-state index is 13.0. The number of nitrogens with zero attached hydrogens (tertiary/aromatic N) is 3. The predicted octanol–water partition coefficient (Wildman–Crippen LogP) is 4.02. The molecule has 4 rings (SSSR count). The van der Waals surface area contributed by atoms with Crippen LogP contribution in [0, 0.1) is 11.3 Å². The Balaban J connectivity index is 1.71. The first-order valence-corrected chi connectivity index (χ1v) is 10.8. The lowest BCUT2D eigenvalue weighted by Gasteiger charge is -2.20. The SMILES string of the molecule is CN(C)CC(=O)N(C)c1ccc(N/C(=C2\C(=O)Nc3cc(C#N)ccc32)c2ccccc2)cc1. The molecule has 1 aliphatic rings. The van der Waals surface area contributed by atoms with Crippen LogP contribution >= 0.6 is 0 Å². The summed E-state index contributed by atoms with van der Waals surface area (Å²) in [7, 11) is 5.46. The standard InChI is InChI=1S/C27H25N5O2/c1-31(2)17-24(33)32(3)21-12-10-20(11-13-21)29-26(19-7-5-4-6-8-19)25-22-14-9-18(16-28)15-23(22)30-27(25)34/h4-15,29H,17H2,1-3H3,(H,30,34)/b26-25-. The highest BCUT2D eigenvalue weighted by Gasteiger charge is 2.28. The van der Waals surface area contributed by atoms with Crippen LogP contribution in [-0.4, -0.2) is 44.4 Å². The van der Waals surface area contributed by atoms with E-state index >= 15 is 0 Å². The first kappa shape index (κ1) is 22.8. The normalized spacial score (nSPS) is 13.7. The van der Waals surface area contributed by atoms with Gasteiger partial charge in [0.1, 0.15) is 0 Å². The van der Waals surface area contributed by atoms with Crippen molar-refractivity contribution in [2.75, 3.05) is 43.2 Å². The van der Waals surface area contributed by atoms with E-state index in [0.717, 1.165) is 22.5 Å². The number of carbonyl (C=O) groups is 2. The fourth-order valence-corrected chi connectivity index (χ4v) is 3.81. The fraction of sp³-hybridized carbons (Fsp3) is 0.148. The highest BCUT2D eigenvalue weighted by Crippen LogP contribution is 2.38. The van der Waals surface area contributed by atoms with Gasteiger partial charge in [0.2, 0.25) is 5.91 Å². The number of anilines is 3. The summed E-state index contributed by atoms with van der Waals surface area (Å²) in [6.45, 7) is 0.322. The van der Waals surface area contributed by atoms with Gasteiger partial charge in [-0.05, 0) is 56.1 Å². The van der Waals surface area contributed by atoms with Gasteiger partial charge >= 0.3 is 0 Å². The van der Waals surface area contributed by atoms with E-state index in [0.29, 0.717) is 29.1 Å². The average molecular weight is 452 g/mol. The Morgan fingerprint density at radius 2 is 1.71 bits per heavy atom. The summed E-state index contributed by atoms with van der Waals surface area (Å²) in [6.07, 6.45) is 0. The van der Waals surface area contributed by atoms with Crippen molar-refractivity contribution in [3.63, 3.8) is 0 Å². The van der Waals surface area contributed by atoms with Crippen molar-refractivity contribution in [1.29, 1.82) is 5.26 Å². The molecule has 0 aromatic heterocycles. The van der Waals surface area contributed by atoms with Crippen molar-refractivity contribution < 1.29 is 9.59 Å². The monoisotopic (exact) mass is 451 g/mol. The summed E-state index contributed by atoms with van der Waals surface area (Å²) in [5.74, 6) is -0.240. The van der Waals surface area contributed by atoms with Crippen molar-refractivity contribution >= 4 is 40.1 Å². The van der Waals surface area contributed by atoms with Gasteiger partial charge in [0.15, 0.2) is 0 Å². The Bertz CT molecular complexity index is 1310. The van der Waals surface area contributed by atoms with Gasteiger partial charge in [-0.2, -0.15) is 5.26 Å². The van der Waals surface area contributed by atoms with E-state index in [1.807, 2.05) is 73.6 Å². The Morgan fingerprint density at radius 3 is 2.35 bits per heavy atom. The molecule has 0 radical (unpaired) electrons. The highest BCUT2D eigenvalue weighted by molar-refractivity contribution is 6.37. The van der Waals surface area contributed by atoms with Crippen LogP contribution < -0.4 is 15.5 Å². The zero-order valence-corrected chi connectivity index (χ0v) is 19.3. The minimum atomic E-state index is -0.234. The molecule has 0 unspecified atom stereocenters. The third-order valence-corrected chi connectivity index (χ3v) is 5.56. The molecule has 7 nitrogen and oxygen atoms in total. The highest BCUT2D eigenvalue weighted by atomic mass is 16.2. The number of nitrogens with one attached hydrogen (secondary N) is 2. The van der Waals surface area contributed by atoms with Gasteiger partial charge < -0.3 is 20.4 Å². The smallest absolute Gasteiger partial charge is 0.258 e. The van der Waals surface area contributed by atoms with Gasteiger partial charge in [0.05, 0.1) is 35.1 Å². The van der Waals surface area contributed by atoms with Crippen LogP contribution in [0.3, 0.4) is 0 Å². The molecule has 2 amide bonds. The van der Waals surface area contributed by atoms with Crippen molar-refractivity contribution in [3.8, 4) is 6.07 Å². The second-order valence-corrected chi connectivity index (χ2v) is 8.30. The maximum Gasteiger partial charge on any atom is 0.258 e. The summed E-state index contributed by atoms with van der Waals surface area (Å²) in [5, 5.41) is 15.5. The summed E-state index contributed by atoms with van der Waals surface area (Å²) in [5.41, 5.74) is 5.41. The molecule has 0 atom stereocenters. The Labute approximate surface area is 198 Å². The van der Waals surface area contributed by atoms with E-state index < -0.39 is 0 Å². The first-order valence-electron chi connectivity index (χ1n) is 10.8. The number of carbonyl (C=O) groups excluding carboxylic acids is 2. The van der Waals surface area contributed by atoms with Crippen LogP contribution in [-0.2, 0) is 9.59 Å². The molecule has 0 fully saturated rings. The second-order valence-electron chi connectivity index (χ2n) is 8.30. The molecule has 0 spiro atoms. The van der Waals surface area contributed by atoms with Gasteiger partial charge in [-0.3, -0.25) is 9.59 Å². The van der Waals surface area contributed by atoms with Gasteiger partial charge in [0.25, 0.3) is 5.91 Å². The van der Waals surface area contributed by atoms with E-state index in [9.17, 15) is 14.9 Å². The summed E-state index contributed by atoms with van der Waals surface area (Å²) in [4.78, 5) is 28.8. The molecule has 0 saturated carbocycles. The lowest BCUT2D eigenvalue weighted by Crippen LogP contribution is -2.34. The van der Waals surface area contributed by atoms with Crippen molar-refractivity contribution in [1.82, 2.24) is 4.90 Å². The van der Waals surface area contributed by atoms with E-state index in [1.165, 1.54) is 0 Å². The molecule has 2 N–H and O–H groups in total. The van der Waals surface area contributed by atoms with E-state index in [2.05, 4.69) is 16.7 Å². The van der Waals surface area contributed by atoms with E-state index in [4.69, 9.17) is 0 Å². The lowest BCUT2D eigenvalue weighted by atomic mass is 9.99. The average Bonchev–Trinajstić information content (AvgIpc) is 3.17. The van der Waals surface area contributed by atoms with Crippen molar-refractivity contribution in [2.45, 2.75) is 0 Å². The van der Waals surface area contributed by atoms with E-state index in [-0.39, 0.29) is 11.8 Å². The Kier molecular flexibility index (Phi) is 6.44.